The molecule has 1 N–H and O–H groups in total. The molecule has 0 saturated carbocycles. The first kappa shape index (κ1) is 19.8. The van der Waals surface area contributed by atoms with E-state index < -0.39 is 0 Å². The molecule has 4 nitrogen and oxygen atoms in total. The Hall–Kier alpha value is -1.98. The number of carbonyl (C=O) groups excluding carboxylic acids is 1. The van der Waals surface area contributed by atoms with E-state index in [4.69, 9.17) is 4.74 Å². The average molecular weight is 385 g/mol. The fraction of sp³-hybridized carbons (Fsp3) is 0.409. The highest BCUT2D eigenvalue weighted by Crippen LogP contribution is 2.27. The smallest absolute Gasteiger partial charge is 0.251 e. The predicted octanol–water partition coefficient (Wildman–Crippen LogP) is 4.13. The highest BCUT2D eigenvalue weighted by atomic mass is 32.2. The largest absolute Gasteiger partial charge is 0.497 e. The molecule has 1 aliphatic heterocycles. The van der Waals surface area contributed by atoms with Crippen LogP contribution in [0.5, 0.6) is 5.75 Å². The monoisotopic (exact) mass is 384 g/mol. The summed E-state index contributed by atoms with van der Waals surface area (Å²) >= 11 is 1.78. The number of hydrogen-bond donors (Lipinski definition) is 1. The third-order valence-electron chi connectivity index (χ3n) is 5.04. The molecule has 1 saturated heterocycles. The molecule has 1 unspecified atom stereocenters. The van der Waals surface area contributed by atoms with Crippen molar-refractivity contribution in [2.45, 2.75) is 24.6 Å². The predicted molar refractivity (Wildman–Crippen MR) is 113 cm³/mol. The van der Waals surface area contributed by atoms with Crippen molar-refractivity contribution in [1.29, 1.82) is 0 Å². The molecule has 2 aromatic rings. The summed E-state index contributed by atoms with van der Waals surface area (Å²) in [6.07, 6.45) is 4.51. The molecule has 1 aliphatic rings. The molecule has 0 spiro atoms. The number of thioether (sulfide) groups is 1. The van der Waals surface area contributed by atoms with E-state index in [9.17, 15) is 4.79 Å². The number of rotatable bonds is 8. The first-order valence-corrected chi connectivity index (χ1v) is 10.8. The van der Waals surface area contributed by atoms with Gasteiger partial charge in [-0.25, -0.2) is 0 Å². The highest BCUT2D eigenvalue weighted by molar-refractivity contribution is 7.97. The zero-order valence-corrected chi connectivity index (χ0v) is 16.9. The van der Waals surface area contributed by atoms with Gasteiger partial charge in [0.1, 0.15) is 5.75 Å². The van der Waals surface area contributed by atoms with Crippen LogP contribution in [0.1, 0.15) is 40.4 Å². The van der Waals surface area contributed by atoms with Crippen molar-refractivity contribution in [3.05, 3.63) is 65.2 Å². The van der Waals surface area contributed by atoms with E-state index in [2.05, 4.69) is 28.6 Å². The van der Waals surface area contributed by atoms with Gasteiger partial charge in [-0.05, 0) is 67.6 Å². The molecular weight excluding hydrogens is 356 g/mol. The Balaban J connectivity index is 1.69. The molecule has 5 heteroatoms. The summed E-state index contributed by atoms with van der Waals surface area (Å²) < 4.78 is 5.39. The minimum absolute atomic E-state index is 0.0159. The fourth-order valence-electron chi connectivity index (χ4n) is 3.57. The van der Waals surface area contributed by atoms with Crippen LogP contribution in [-0.4, -0.2) is 43.8 Å². The Labute approximate surface area is 166 Å². The molecule has 1 fully saturated rings. The molecule has 0 aromatic heterocycles. The lowest BCUT2D eigenvalue weighted by atomic mass is 10.0. The first-order valence-electron chi connectivity index (χ1n) is 9.45. The maximum absolute atomic E-state index is 12.6. The molecular formula is C22H28N2O2S. The van der Waals surface area contributed by atoms with Crippen LogP contribution in [0.25, 0.3) is 0 Å². The van der Waals surface area contributed by atoms with Crippen molar-refractivity contribution in [1.82, 2.24) is 10.2 Å². The van der Waals surface area contributed by atoms with Gasteiger partial charge in [0, 0.05) is 17.9 Å². The summed E-state index contributed by atoms with van der Waals surface area (Å²) in [5.74, 6) is 1.81. The summed E-state index contributed by atoms with van der Waals surface area (Å²) in [5.41, 5.74) is 3.14. The first-order chi connectivity index (χ1) is 13.2. The lowest BCUT2D eigenvalue weighted by molar-refractivity contribution is 0.0938. The second-order valence-electron chi connectivity index (χ2n) is 6.88. The van der Waals surface area contributed by atoms with Crippen molar-refractivity contribution in [3.63, 3.8) is 0 Å². The number of carbonyl (C=O) groups is 1. The van der Waals surface area contributed by atoms with Crippen LogP contribution in [0.4, 0.5) is 0 Å². The number of nitrogens with one attached hydrogen (secondary N) is 1. The lowest BCUT2D eigenvalue weighted by Crippen LogP contribution is -2.36. The molecule has 1 heterocycles. The van der Waals surface area contributed by atoms with E-state index in [1.54, 1.807) is 18.9 Å². The van der Waals surface area contributed by atoms with Crippen LogP contribution in [0.15, 0.2) is 48.5 Å². The molecule has 3 rings (SSSR count). The van der Waals surface area contributed by atoms with E-state index in [1.165, 1.54) is 24.0 Å². The molecule has 0 bridgehead atoms. The lowest BCUT2D eigenvalue weighted by Gasteiger charge is -2.28. The summed E-state index contributed by atoms with van der Waals surface area (Å²) in [6, 6.07) is 16.2. The van der Waals surface area contributed by atoms with Crippen molar-refractivity contribution in [2.24, 2.45) is 0 Å². The SMILES string of the molecule is COc1cccc(C(CNC(=O)c2ccc(CSC)cc2)N2CCCC2)c1. The Morgan fingerprint density at radius 1 is 1.19 bits per heavy atom. The molecule has 0 radical (unpaired) electrons. The number of ether oxygens (including phenoxy) is 1. The van der Waals surface area contributed by atoms with Gasteiger partial charge in [-0.2, -0.15) is 11.8 Å². The summed E-state index contributed by atoms with van der Waals surface area (Å²) in [5, 5.41) is 3.14. The zero-order valence-electron chi connectivity index (χ0n) is 16.1. The number of hydrogen-bond acceptors (Lipinski definition) is 4. The molecule has 2 aromatic carbocycles. The fourth-order valence-corrected chi connectivity index (χ4v) is 4.10. The minimum atomic E-state index is -0.0159. The van der Waals surface area contributed by atoms with Gasteiger partial charge in [0.25, 0.3) is 5.91 Å². The molecule has 27 heavy (non-hydrogen) atoms. The van der Waals surface area contributed by atoms with E-state index in [0.717, 1.165) is 24.6 Å². The van der Waals surface area contributed by atoms with Crippen LogP contribution in [0.3, 0.4) is 0 Å². The van der Waals surface area contributed by atoms with Crippen molar-refractivity contribution in [2.75, 3.05) is 33.0 Å². The van der Waals surface area contributed by atoms with E-state index in [0.29, 0.717) is 12.1 Å². The van der Waals surface area contributed by atoms with Crippen LogP contribution in [0.2, 0.25) is 0 Å². The zero-order chi connectivity index (χ0) is 19.1. The Kier molecular flexibility index (Phi) is 7.18. The normalized spacial score (nSPS) is 15.5. The van der Waals surface area contributed by atoms with E-state index in [-0.39, 0.29) is 11.9 Å². The maximum atomic E-state index is 12.6. The number of amides is 1. The number of likely N-dealkylation sites (tertiary alicyclic amines) is 1. The Morgan fingerprint density at radius 3 is 2.59 bits per heavy atom. The highest BCUT2D eigenvalue weighted by Gasteiger charge is 2.24. The topological polar surface area (TPSA) is 41.6 Å². The van der Waals surface area contributed by atoms with E-state index in [1.807, 2.05) is 36.4 Å². The van der Waals surface area contributed by atoms with E-state index >= 15 is 0 Å². The molecule has 1 atom stereocenters. The summed E-state index contributed by atoms with van der Waals surface area (Å²) in [4.78, 5) is 15.1. The van der Waals surface area contributed by atoms with Gasteiger partial charge in [-0.1, -0.05) is 24.3 Å². The third kappa shape index (κ3) is 5.27. The minimum Gasteiger partial charge on any atom is -0.497 e. The molecule has 144 valence electrons. The second-order valence-corrected chi connectivity index (χ2v) is 7.74. The number of methoxy groups -OCH3 is 1. The van der Waals surface area contributed by atoms with Gasteiger partial charge in [0.05, 0.1) is 13.2 Å². The van der Waals surface area contributed by atoms with Gasteiger partial charge < -0.3 is 10.1 Å². The Morgan fingerprint density at radius 2 is 1.93 bits per heavy atom. The van der Waals surface area contributed by atoms with Crippen molar-refractivity contribution >= 4 is 17.7 Å². The van der Waals surface area contributed by atoms with Gasteiger partial charge in [0.15, 0.2) is 0 Å². The van der Waals surface area contributed by atoms with Gasteiger partial charge >= 0.3 is 0 Å². The van der Waals surface area contributed by atoms with Gasteiger partial charge in [-0.15, -0.1) is 0 Å². The maximum Gasteiger partial charge on any atom is 0.251 e. The van der Waals surface area contributed by atoms with Gasteiger partial charge in [0.2, 0.25) is 0 Å². The van der Waals surface area contributed by atoms with Crippen LogP contribution >= 0.6 is 11.8 Å². The quantitative estimate of drug-likeness (QED) is 0.743. The van der Waals surface area contributed by atoms with Crippen LogP contribution in [-0.2, 0) is 5.75 Å². The molecule has 0 aliphatic carbocycles. The summed E-state index contributed by atoms with van der Waals surface area (Å²) in [6.45, 7) is 2.74. The summed E-state index contributed by atoms with van der Waals surface area (Å²) in [7, 11) is 1.69. The third-order valence-corrected chi connectivity index (χ3v) is 5.67. The standard InChI is InChI=1S/C22H28N2O2S/c1-26-20-7-5-6-19(14-20)21(24-12-3-4-13-24)15-23-22(25)18-10-8-17(9-11-18)16-27-2/h5-11,14,21H,3-4,12-13,15-16H2,1-2H3,(H,23,25). The van der Waals surface area contributed by atoms with Crippen molar-refractivity contribution < 1.29 is 9.53 Å². The van der Waals surface area contributed by atoms with Crippen LogP contribution < -0.4 is 10.1 Å². The van der Waals surface area contributed by atoms with Crippen LogP contribution in [0, 0.1) is 0 Å². The van der Waals surface area contributed by atoms with Crippen molar-refractivity contribution in [3.8, 4) is 5.75 Å². The van der Waals surface area contributed by atoms with Gasteiger partial charge in [-0.3, -0.25) is 9.69 Å². The number of benzene rings is 2. The number of nitrogens with zero attached hydrogens (tertiary/aromatic N) is 1. The molecule has 1 amide bonds. The Bertz CT molecular complexity index is 742. The second kappa shape index (κ2) is 9.81. The average Bonchev–Trinajstić information content (AvgIpc) is 3.23.